The number of aromatic nitrogens is 1. The van der Waals surface area contributed by atoms with Crippen molar-refractivity contribution in [3.63, 3.8) is 0 Å². The smallest absolute Gasteiger partial charge is 0.0645 e. The summed E-state index contributed by atoms with van der Waals surface area (Å²) in [5, 5.41) is 0. The molecular weight excluding hydrogens is 292 g/mol. The molecule has 0 saturated carbocycles. The Labute approximate surface area is 144 Å². The van der Waals surface area contributed by atoms with E-state index in [2.05, 4.69) is 84.4 Å². The number of nitrogens with zero attached hydrogens (tertiary/aromatic N) is 2. The van der Waals surface area contributed by atoms with Gasteiger partial charge in [-0.25, -0.2) is 0 Å². The lowest BCUT2D eigenvalue weighted by atomic mass is 10.1. The molecule has 0 amide bonds. The van der Waals surface area contributed by atoms with Crippen molar-refractivity contribution in [3.05, 3.63) is 83.7 Å². The molecule has 0 saturated heterocycles. The standard InChI is InChI=1S/C22H24N2/c1-4-18-7-12-20(13-8-18)24(22-11-6-17(3)23-16-22)21-14-9-19(5-2)10-15-21/h6-16H,4-5H2,1-3H3. The number of hydrogen-bond acceptors (Lipinski definition) is 2. The number of pyridine rings is 1. The summed E-state index contributed by atoms with van der Waals surface area (Å²) in [6, 6.07) is 21.7. The van der Waals surface area contributed by atoms with Crippen LogP contribution in [-0.4, -0.2) is 4.98 Å². The topological polar surface area (TPSA) is 16.1 Å². The number of aryl methyl sites for hydroxylation is 3. The second kappa shape index (κ2) is 7.31. The molecule has 0 radical (unpaired) electrons. The molecule has 0 bridgehead atoms. The van der Waals surface area contributed by atoms with Gasteiger partial charge in [-0.2, -0.15) is 0 Å². The van der Waals surface area contributed by atoms with E-state index in [1.807, 2.05) is 13.1 Å². The van der Waals surface area contributed by atoms with Gasteiger partial charge in [0.15, 0.2) is 0 Å². The zero-order chi connectivity index (χ0) is 16.9. The first-order valence-corrected chi connectivity index (χ1v) is 8.62. The average Bonchev–Trinajstić information content (AvgIpc) is 2.64. The zero-order valence-electron chi connectivity index (χ0n) is 14.7. The van der Waals surface area contributed by atoms with Gasteiger partial charge in [-0.15, -0.1) is 0 Å². The Hall–Kier alpha value is -2.61. The lowest BCUT2D eigenvalue weighted by molar-refractivity contribution is 1.12. The Morgan fingerprint density at radius 2 is 1.12 bits per heavy atom. The van der Waals surface area contributed by atoms with Crippen LogP contribution in [-0.2, 0) is 12.8 Å². The van der Waals surface area contributed by atoms with Crippen LogP contribution in [0.4, 0.5) is 17.1 Å². The first kappa shape index (κ1) is 16.3. The molecule has 3 rings (SSSR count). The highest BCUT2D eigenvalue weighted by atomic mass is 15.1. The monoisotopic (exact) mass is 316 g/mol. The van der Waals surface area contributed by atoms with Crippen molar-refractivity contribution in [2.75, 3.05) is 4.90 Å². The maximum absolute atomic E-state index is 4.48. The van der Waals surface area contributed by atoms with Crippen molar-refractivity contribution in [1.82, 2.24) is 4.98 Å². The summed E-state index contributed by atoms with van der Waals surface area (Å²) in [7, 11) is 0. The highest BCUT2D eigenvalue weighted by Gasteiger charge is 2.12. The Kier molecular flexibility index (Phi) is 4.95. The largest absolute Gasteiger partial charge is 0.309 e. The molecule has 0 spiro atoms. The lowest BCUT2D eigenvalue weighted by Crippen LogP contribution is -2.10. The van der Waals surface area contributed by atoms with Crippen LogP contribution in [0.15, 0.2) is 66.9 Å². The fourth-order valence-electron chi connectivity index (χ4n) is 2.80. The summed E-state index contributed by atoms with van der Waals surface area (Å²) in [6.07, 6.45) is 4.05. The number of anilines is 3. The molecular formula is C22H24N2. The summed E-state index contributed by atoms with van der Waals surface area (Å²) in [6.45, 7) is 6.38. The van der Waals surface area contributed by atoms with Crippen molar-refractivity contribution in [2.24, 2.45) is 0 Å². The normalized spacial score (nSPS) is 10.6. The molecule has 0 fully saturated rings. The van der Waals surface area contributed by atoms with Gasteiger partial charge in [0.05, 0.1) is 11.9 Å². The van der Waals surface area contributed by atoms with Gasteiger partial charge in [0.25, 0.3) is 0 Å². The minimum Gasteiger partial charge on any atom is -0.309 e. The van der Waals surface area contributed by atoms with E-state index in [0.29, 0.717) is 0 Å². The van der Waals surface area contributed by atoms with Gasteiger partial charge in [0, 0.05) is 17.1 Å². The summed E-state index contributed by atoms with van der Waals surface area (Å²) < 4.78 is 0. The van der Waals surface area contributed by atoms with Gasteiger partial charge in [0.1, 0.15) is 0 Å². The molecule has 0 aliphatic rings. The van der Waals surface area contributed by atoms with Crippen LogP contribution >= 0.6 is 0 Å². The van der Waals surface area contributed by atoms with Gasteiger partial charge >= 0.3 is 0 Å². The molecule has 122 valence electrons. The van der Waals surface area contributed by atoms with E-state index >= 15 is 0 Å². The molecule has 0 aliphatic carbocycles. The van der Waals surface area contributed by atoms with Gasteiger partial charge in [-0.1, -0.05) is 38.1 Å². The lowest BCUT2D eigenvalue weighted by Gasteiger charge is -2.25. The first-order chi connectivity index (χ1) is 11.7. The summed E-state index contributed by atoms with van der Waals surface area (Å²) in [5.41, 5.74) is 7.11. The molecule has 3 aromatic rings. The fourth-order valence-corrected chi connectivity index (χ4v) is 2.80. The molecule has 2 heteroatoms. The Morgan fingerprint density at radius 1 is 0.667 bits per heavy atom. The first-order valence-electron chi connectivity index (χ1n) is 8.62. The van der Waals surface area contributed by atoms with Crippen molar-refractivity contribution < 1.29 is 0 Å². The second-order valence-corrected chi connectivity index (χ2v) is 6.03. The summed E-state index contributed by atoms with van der Waals surface area (Å²) in [4.78, 5) is 6.73. The Morgan fingerprint density at radius 3 is 1.50 bits per heavy atom. The van der Waals surface area contributed by atoms with E-state index in [1.165, 1.54) is 11.1 Å². The highest BCUT2D eigenvalue weighted by molar-refractivity contribution is 5.76. The Balaban J connectivity index is 2.06. The minimum absolute atomic E-state index is 1.03. The summed E-state index contributed by atoms with van der Waals surface area (Å²) in [5.74, 6) is 0. The molecule has 2 aromatic carbocycles. The van der Waals surface area contributed by atoms with Gasteiger partial charge < -0.3 is 4.90 Å². The minimum atomic E-state index is 1.03. The van der Waals surface area contributed by atoms with Crippen molar-refractivity contribution in [3.8, 4) is 0 Å². The van der Waals surface area contributed by atoms with Crippen LogP contribution < -0.4 is 4.90 Å². The van der Waals surface area contributed by atoms with Crippen LogP contribution in [0.5, 0.6) is 0 Å². The second-order valence-electron chi connectivity index (χ2n) is 6.03. The Bertz CT molecular complexity index is 724. The maximum atomic E-state index is 4.48. The van der Waals surface area contributed by atoms with Crippen LogP contribution in [0.25, 0.3) is 0 Å². The van der Waals surface area contributed by atoms with Gasteiger partial charge in [-0.05, 0) is 67.3 Å². The van der Waals surface area contributed by atoms with E-state index in [4.69, 9.17) is 0 Å². The van der Waals surface area contributed by atoms with Crippen LogP contribution in [0, 0.1) is 6.92 Å². The van der Waals surface area contributed by atoms with Crippen LogP contribution in [0.1, 0.15) is 30.7 Å². The third-order valence-electron chi connectivity index (χ3n) is 4.36. The molecule has 0 unspecified atom stereocenters. The third kappa shape index (κ3) is 3.48. The zero-order valence-corrected chi connectivity index (χ0v) is 14.7. The van der Waals surface area contributed by atoms with Gasteiger partial charge in [0.2, 0.25) is 0 Å². The predicted octanol–water partition coefficient (Wildman–Crippen LogP) is 5.98. The van der Waals surface area contributed by atoms with E-state index < -0.39 is 0 Å². The van der Waals surface area contributed by atoms with E-state index in [1.54, 1.807) is 0 Å². The quantitative estimate of drug-likeness (QED) is 0.575. The van der Waals surface area contributed by atoms with Crippen molar-refractivity contribution in [2.45, 2.75) is 33.6 Å². The molecule has 0 N–H and O–H groups in total. The highest BCUT2D eigenvalue weighted by Crippen LogP contribution is 2.34. The van der Waals surface area contributed by atoms with Crippen LogP contribution in [0.2, 0.25) is 0 Å². The molecule has 2 nitrogen and oxygen atoms in total. The van der Waals surface area contributed by atoms with Crippen molar-refractivity contribution >= 4 is 17.1 Å². The predicted molar refractivity (Wildman–Crippen MR) is 102 cm³/mol. The average molecular weight is 316 g/mol. The molecule has 24 heavy (non-hydrogen) atoms. The molecule has 1 aromatic heterocycles. The number of rotatable bonds is 5. The molecule has 1 heterocycles. The molecule has 0 atom stereocenters. The van der Waals surface area contributed by atoms with Gasteiger partial charge in [-0.3, -0.25) is 4.98 Å². The number of hydrogen-bond donors (Lipinski definition) is 0. The maximum Gasteiger partial charge on any atom is 0.0645 e. The van der Waals surface area contributed by atoms with E-state index in [-0.39, 0.29) is 0 Å². The van der Waals surface area contributed by atoms with E-state index in [0.717, 1.165) is 35.6 Å². The number of benzene rings is 2. The fraction of sp³-hybridized carbons (Fsp3) is 0.227. The SMILES string of the molecule is CCc1ccc(N(c2ccc(CC)cc2)c2ccc(C)nc2)cc1. The van der Waals surface area contributed by atoms with Crippen LogP contribution in [0.3, 0.4) is 0 Å². The molecule has 0 aliphatic heterocycles. The third-order valence-corrected chi connectivity index (χ3v) is 4.36. The summed E-state index contributed by atoms with van der Waals surface area (Å²) >= 11 is 0. The van der Waals surface area contributed by atoms with Crippen molar-refractivity contribution in [1.29, 1.82) is 0 Å². The van der Waals surface area contributed by atoms with E-state index in [9.17, 15) is 0 Å².